The lowest BCUT2D eigenvalue weighted by molar-refractivity contribution is -0.140. The van der Waals surface area contributed by atoms with Gasteiger partial charge in [0.05, 0.1) is 10.6 Å². The predicted octanol–water partition coefficient (Wildman–Crippen LogP) is 5.89. The van der Waals surface area contributed by atoms with E-state index in [0.29, 0.717) is 12.2 Å². The van der Waals surface area contributed by atoms with Crippen molar-refractivity contribution in [2.75, 3.05) is 17.4 Å². The van der Waals surface area contributed by atoms with Crippen LogP contribution < -0.4 is 9.62 Å². The Balaban J connectivity index is 1.78. The van der Waals surface area contributed by atoms with E-state index in [1.165, 1.54) is 23.1 Å². The molecule has 0 bridgehead atoms. The van der Waals surface area contributed by atoms with E-state index >= 15 is 0 Å². The SMILES string of the molecule is CCCCNC(=O)[C@H](Cc1ccccc1)N(Cc1ccccc1F)C(=O)CN(c1ccc(C)cc1)S(=O)(=O)c1ccccc1. The van der Waals surface area contributed by atoms with Crippen LogP contribution in [0.5, 0.6) is 0 Å². The van der Waals surface area contributed by atoms with Crippen molar-refractivity contribution in [3.63, 3.8) is 0 Å². The molecule has 4 rings (SSSR count). The molecule has 0 aliphatic heterocycles. The average Bonchev–Trinajstić information content (AvgIpc) is 3.03. The molecule has 2 amide bonds. The Morgan fingerprint density at radius 2 is 1.45 bits per heavy atom. The summed E-state index contributed by atoms with van der Waals surface area (Å²) in [5.74, 6) is -1.55. The second-order valence-corrected chi connectivity index (χ2v) is 12.5. The number of unbranched alkanes of at least 4 members (excludes halogenated alkanes) is 1. The van der Waals surface area contributed by atoms with Crippen LogP contribution in [0.25, 0.3) is 0 Å². The summed E-state index contributed by atoms with van der Waals surface area (Å²) in [4.78, 5) is 29.4. The van der Waals surface area contributed by atoms with Crippen molar-refractivity contribution in [2.45, 2.75) is 50.6 Å². The van der Waals surface area contributed by atoms with Gasteiger partial charge < -0.3 is 10.2 Å². The third-order valence-corrected chi connectivity index (χ3v) is 9.12. The molecule has 1 atom stereocenters. The molecule has 0 aromatic heterocycles. The van der Waals surface area contributed by atoms with Crippen molar-refractivity contribution < 1.29 is 22.4 Å². The third kappa shape index (κ3) is 8.32. The number of nitrogens with one attached hydrogen (secondary N) is 1. The molecule has 4 aromatic rings. The summed E-state index contributed by atoms with van der Waals surface area (Å²) in [6, 6.07) is 29.0. The van der Waals surface area contributed by atoms with E-state index in [0.717, 1.165) is 28.3 Å². The maximum atomic E-state index is 15.0. The Morgan fingerprint density at radius 1 is 0.841 bits per heavy atom. The monoisotopic (exact) mass is 615 g/mol. The van der Waals surface area contributed by atoms with Crippen LogP contribution in [0.1, 0.15) is 36.5 Å². The van der Waals surface area contributed by atoms with Crippen molar-refractivity contribution >= 4 is 27.5 Å². The van der Waals surface area contributed by atoms with Gasteiger partial charge in [-0.25, -0.2) is 12.8 Å². The first-order valence-electron chi connectivity index (χ1n) is 14.7. The third-order valence-electron chi connectivity index (χ3n) is 7.33. The molecule has 0 unspecified atom stereocenters. The van der Waals surface area contributed by atoms with Gasteiger partial charge in [0.2, 0.25) is 11.8 Å². The molecule has 0 fully saturated rings. The Labute approximate surface area is 259 Å². The number of sulfonamides is 1. The number of amides is 2. The molecule has 44 heavy (non-hydrogen) atoms. The largest absolute Gasteiger partial charge is 0.354 e. The van der Waals surface area contributed by atoms with Crippen LogP contribution in [-0.4, -0.2) is 44.3 Å². The first kappa shape index (κ1) is 32.4. The highest BCUT2D eigenvalue weighted by atomic mass is 32.2. The molecule has 0 aliphatic carbocycles. The van der Waals surface area contributed by atoms with E-state index in [1.54, 1.807) is 60.7 Å². The van der Waals surface area contributed by atoms with Crippen LogP contribution in [0.3, 0.4) is 0 Å². The van der Waals surface area contributed by atoms with Gasteiger partial charge in [-0.3, -0.25) is 13.9 Å². The second-order valence-electron chi connectivity index (χ2n) is 10.6. The van der Waals surface area contributed by atoms with E-state index < -0.39 is 34.3 Å². The second kappa shape index (κ2) is 15.3. The Morgan fingerprint density at radius 3 is 2.09 bits per heavy atom. The molecule has 0 spiro atoms. The molecular formula is C35H38FN3O4S. The van der Waals surface area contributed by atoms with Crippen LogP contribution in [-0.2, 0) is 32.6 Å². The van der Waals surface area contributed by atoms with Crippen LogP contribution >= 0.6 is 0 Å². The van der Waals surface area contributed by atoms with Gasteiger partial charge in [-0.05, 0) is 49.2 Å². The molecule has 0 saturated carbocycles. The highest BCUT2D eigenvalue weighted by Gasteiger charge is 2.34. The normalized spacial score (nSPS) is 11.9. The first-order chi connectivity index (χ1) is 21.2. The van der Waals surface area contributed by atoms with Crippen molar-refractivity contribution in [1.82, 2.24) is 10.2 Å². The lowest BCUT2D eigenvalue weighted by Crippen LogP contribution is -2.53. The highest BCUT2D eigenvalue weighted by molar-refractivity contribution is 7.92. The summed E-state index contributed by atoms with van der Waals surface area (Å²) >= 11 is 0. The lowest BCUT2D eigenvalue weighted by atomic mass is 10.0. The van der Waals surface area contributed by atoms with Crippen LogP contribution in [0.15, 0.2) is 114 Å². The lowest BCUT2D eigenvalue weighted by Gasteiger charge is -2.34. The number of carbonyl (C=O) groups is 2. The number of hydrogen-bond donors (Lipinski definition) is 1. The molecule has 4 aromatic carbocycles. The average molecular weight is 616 g/mol. The van der Waals surface area contributed by atoms with E-state index in [2.05, 4.69) is 5.32 Å². The molecule has 7 nitrogen and oxygen atoms in total. The molecule has 9 heteroatoms. The first-order valence-corrected chi connectivity index (χ1v) is 16.1. The predicted molar refractivity (Wildman–Crippen MR) is 171 cm³/mol. The van der Waals surface area contributed by atoms with Gasteiger partial charge >= 0.3 is 0 Å². The van der Waals surface area contributed by atoms with Gasteiger partial charge in [0.25, 0.3) is 10.0 Å². The molecule has 1 N–H and O–H groups in total. The van der Waals surface area contributed by atoms with Crippen LogP contribution in [0.4, 0.5) is 10.1 Å². The fraction of sp³-hybridized carbons (Fsp3) is 0.257. The molecule has 0 heterocycles. The number of aryl methyl sites for hydroxylation is 1. The molecular weight excluding hydrogens is 577 g/mol. The zero-order valence-corrected chi connectivity index (χ0v) is 25.8. The fourth-order valence-corrected chi connectivity index (χ4v) is 6.26. The maximum absolute atomic E-state index is 15.0. The summed E-state index contributed by atoms with van der Waals surface area (Å²) in [7, 11) is -4.19. The zero-order chi connectivity index (χ0) is 31.5. The minimum Gasteiger partial charge on any atom is -0.354 e. The highest BCUT2D eigenvalue weighted by Crippen LogP contribution is 2.25. The van der Waals surface area contributed by atoms with E-state index in [9.17, 15) is 22.4 Å². The minimum atomic E-state index is -4.19. The van der Waals surface area contributed by atoms with E-state index in [-0.39, 0.29) is 29.3 Å². The standard InChI is InChI=1S/C35H38FN3O4S/c1-3-4-23-37-35(41)33(24-28-13-7-5-8-14-28)38(25-29-15-11-12-18-32(29)36)34(40)26-39(30-21-19-27(2)20-22-30)44(42,43)31-16-9-6-10-17-31/h5-22,33H,3-4,23-26H2,1-2H3,(H,37,41)/t33-/m0/s1. The maximum Gasteiger partial charge on any atom is 0.264 e. The summed E-state index contributed by atoms with van der Waals surface area (Å²) in [6.45, 7) is 3.49. The van der Waals surface area contributed by atoms with E-state index in [1.807, 2.05) is 44.2 Å². The summed E-state index contributed by atoms with van der Waals surface area (Å²) in [5, 5.41) is 2.93. The van der Waals surface area contributed by atoms with Gasteiger partial charge in [-0.15, -0.1) is 0 Å². The molecule has 0 saturated heterocycles. The molecule has 0 aliphatic rings. The van der Waals surface area contributed by atoms with Crippen molar-refractivity contribution in [3.8, 4) is 0 Å². The Hall–Kier alpha value is -4.50. The van der Waals surface area contributed by atoms with Gasteiger partial charge in [0, 0.05) is 25.1 Å². The Kier molecular flexibility index (Phi) is 11.3. The van der Waals surface area contributed by atoms with E-state index in [4.69, 9.17) is 0 Å². The zero-order valence-electron chi connectivity index (χ0n) is 25.0. The Bertz CT molecular complexity index is 1630. The van der Waals surface area contributed by atoms with Crippen LogP contribution in [0, 0.1) is 12.7 Å². The van der Waals surface area contributed by atoms with Crippen molar-refractivity contribution in [3.05, 3.63) is 132 Å². The molecule has 0 radical (unpaired) electrons. The number of benzene rings is 4. The number of anilines is 1. The number of hydrogen-bond acceptors (Lipinski definition) is 4. The fourth-order valence-electron chi connectivity index (χ4n) is 4.83. The summed E-state index contributed by atoms with van der Waals surface area (Å²) in [6.07, 6.45) is 1.78. The van der Waals surface area contributed by atoms with Gasteiger partial charge in [-0.2, -0.15) is 0 Å². The van der Waals surface area contributed by atoms with Gasteiger partial charge in [0.1, 0.15) is 18.4 Å². The summed E-state index contributed by atoms with van der Waals surface area (Å²) < 4.78 is 44.0. The quantitative estimate of drug-likeness (QED) is 0.179. The topological polar surface area (TPSA) is 86.8 Å². The molecule has 230 valence electrons. The minimum absolute atomic E-state index is 0.0205. The number of halogens is 1. The van der Waals surface area contributed by atoms with Crippen LogP contribution in [0.2, 0.25) is 0 Å². The summed E-state index contributed by atoms with van der Waals surface area (Å²) in [5.41, 5.74) is 2.24. The number of rotatable bonds is 14. The number of carbonyl (C=O) groups excluding carboxylic acids is 2. The van der Waals surface area contributed by atoms with Gasteiger partial charge in [-0.1, -0.05) is 97.8 Å². The smallest absolute Gasteiger partial charge is 0.264 e. The van der Waals surface area contributed by atoms with Crippen molar-refractivity contribution in [1.29, 1.82) is 0 Å². The van der Waals surface area contributed by atoms with Gasteiger partial charge in [0.15, 0.2) is 0 Å². The number of nitrogens with zero attached hydrogens (tertiary/aromatic N) is 2. The van der Waals surface area contributed by atoms with Crippen molar-refractivity contribution in [2.24, 2.45) is 0 Å².